The maximum Gasteiger partial charge on any atom is 0.180 e. The Balaban J connectivity index is 1.56. The Labute approximate surface area is 219 Å². The molecule has 5 aromatic rings. The molecule has 5 aromatic carbocycles. The van der Waals surface area contributed by atoms with E-state index >= 15 is 0 Å². The molecule has 0 spiro atoms. The summed E-state index contributed by atoms with van der Waals surface area (Å²) in [4.78, 5) is 14.4. The van der Waals surface area contributed by atoms with Gasteiger partial charge in [0.15, 0.2) is 5.78 Å². The van der Waals surface area contributed by atoms with Gasteiger partial charge >= 0.3 is 0 Å². The zero-order valence-electron chi connectivity index (χ0n) is 21.3. The zero-order chi connectivity index (χ0) is 25.4. The van der Waals surface area contributed by atoms with Gasteiger partial charge in [0.05, 0.1) is 11.6 Å². The van der Waals surface area contributed by atoms with E-state index < -0.39 is 5.54 Å². The summed E-state index contributed by atoms with van der Waals surface area (Å²) < 4.78 is 0. The molecule has 0 radical (unpaired) electrons. The fraction of sp³-hybridized carbons (Fsp3) is 0.171. The average molecular weight is 482 g/mol. The van der Waals surface area contributed by atoms with Gasteiger partial charge in [-0.05, 0) is 50.9 Å². The molecule has 0 fully saturated rings. The molecule has 0 aliphatic heterocycles. The number of ketones is 1. The Morgan fingerprint density at radius 2 is 1.24 bits per heavy atom. The molecule has 182 valence electrons. The third-order valence-corrected chi connectivity index (χ3v) is 7.63. The quantitative estimate of drug-likeness (QED) is 0.239. The Kier molecular flexibility index (Phi) is 5.98. The molecule has 0 aromatic heterocycles. The van der Waals surface area contributed by atoms with E-state index in [0.717, 1.165) is 28.3 Å². The minimum Gasteiger partial charge on any atom is -0.292 e. The monoisotopic (exact) mass is 481 g/mol. The van der Waals surface area contributed by atoms with Crippen molar-refractivity contribution in [3.63, 3.8) is 0 Å². The summed E-state index contributed by atoms with van der Waals surface area (Å²) in [6, 6.07) is 41.7. The molecule has 0 saturated heterocycles. The van der Waals surface area contributed by atoms with Gasteiger partial charge < -0.3 is 0 Å². The Morgan fingerprint density at radius 3 is 1.92 bits per heavy atom. The number of fused-ring (bicyclic) bond motifs is 4. The average Bonchev–Trinajstić information content (AvgIpc) is 3.23. The van der Waals surface area contributed by atoms with Crippen LogP contribution in [0.5, 0.6) is 0 Å². The number of rotatable bonds is 7. The van der Waals surface area contributed by atoms with Crippen LogP contribution in [0.15, 0.2) is 121 Å². The first-order valence-electron chi connectivity index (χ1n) is 13.1. The van der Waals surface area contributed by atoms with Crippen molar-refractivity contribution in [1.82, 2.24) is 5.32 Å². The highest BCUT2D eigenvalue weighted by atomic mass is 16.1. The molecular formula is C35H31NO. The first-order valence-corrected chi connectivity index (χ1v) is 13.1. The topological polar surface area (TPSA) is 29.1 Å². The van der Waals surface area contributed by atoms with Crippen LogP contribution in [0, 0.1) is 5.92 Å². The second-order valence-corrected chi connectivity index (χ2v) is 10.4. The lowest BCUT2D eigenvalue weighted by Crippen LogP contribution is -2.52. The minimum absolute atomic E-state index is 0.141. The molecule has 1 N–H and O–H groups in total. The van der Waals surface area contributed by atoms with E-state index in [4.69, 9.17) is 0 Å². The lowest BCUT2D eigenvalue weighted by Gasteiger charge is -2.38. The number of hydrogen-bond acceptors (Lipinski definition) is 2. The van der Waals surface area contributed by atoms with Crippen LogP contribution in [0.2, 0.25) is 0 Å². The third-order valence-electron chi connectivity index (χ3n) is 7.63. The number of carbonyl (C=O) groups is 1. The summed E-state index contributed by atoms with van der Waals surface area (Å²) >= 11 is 0. The zero-order valence-corrected chi connectivity index (χ0v) is 21.3. The first kappa shape index (κ1) is 23.4. The van der Waals surface area contributed by atoms with Crippen molar-refractivity contribution >= 4 is 16.6 Å². The number of benzene rings is 5. The van der Waals surface area contributed by atoms with Crippen molar-refractivity contribution in [3.05, 3.63) is 144 Å². The van der Waals surface area contributed by atoms with E-state index in [1.54, 1.807) is 0 Å². The van der Waals surface area contributed by atoms with Crippen molar-refractivity contribution < 1.29 is 4.79 Å². The Bertz CT molecular complexity index is 1530. The Morgan fingerprint density at radius 1 is 0.676 bits per heavy atom. The molecule has 0 amide bonds. The highest BCUT2D eigenvalue weighted by Crippen LogP contribution is 2.51. The lowest BCUT2D eigenvalue weighted by atomic mass is 9.78. The van der Waals surface area contributed by atoms with E-state index in [1.807, 2.05) is 24.3 Å². The molecule has 2 heteroatoms. The second-order valence-electron chi connectivity index (χ2n) is 10.4. The van der Waals surface area contributed by atoms with Gasteiger partial charge in [-0.3, -0.25) is 10.1 Å². The maximum absolute atomic E-state index is 14.4. The fourth-order valence-corrected chi connectivity index (χ4v) is 6.07. The van der Waals surface area contributed by atoms with Crippen LogP contribution in [-0.4, -0.2) is 11.8 Å². The lowest BCUT2D eigenvalue weighted by molar-refractivity contribution is 0.0918. The van der Waals surface area contributed by atoms with Gasteiger partial charge in [0.1, 0.15) is 0 Å². The maximum atomic E-state index is 14.4. The van der Waals surface area contributed by atoms with E-state index in [2.05, 4.69) is 116 Å². The van der Waals surface area contributed by atoms with Crippen molar-refractivity contribution in [2.24, 2.45) is 5.92 Å². The van der Waals surface area contributed by atoms with Gasteiger partial charge in [0, 0.05) is 5.56 Å². The van der Waals surface area contributed by atoms with Crippen LogP contribution in [0.25, 0.3) is 21.9 Å². The number of hydrogen-bond donors (Lipinski definition) is 1. The smallest absolute Gasteiger partial charge is 0.180 e. The molecule has 1 aliphatic rings. The van der Waals surface area contributed by atoms with Crippen molar-refractivity contribution in [2.45, 2.75) is 31.8 Å². The standard InChI is InChI=1S/C35H31NO/c1-24(2)23-33(34(37)30-20-12-14-25-13-6-7-17-27(25)30)36-35(26-15-4-3-5-16-26)31-21-10-8-18-28(31)29-19-9-11-22-32(29)35/h3-22,24,33,36H,23H2,1-2H3/t33-/m0/s1. The van der Waals surface area contributed by atoms with Crippen LogP contribution < -0.4 is 5.32 Å². The molecule has 2 nitrogen and oxygen atoms in total. The molecule has 6 rings (SSSR count). The van der Waals surface area contributed by atoms with Crippen LogP contribution in [-0.2, 0) is 5.54 Å². The molecule has 0 unspecified atom stereocenters. The van der Waals surface area contributed by atoms with Gasteiger partial charge in [-0.15, -0.1) is 0 Å². The summed E-state index contributed by atoms with van der Waals surface area (Å²) in [6.07, 6.45) is 0.737. The number of nitrogens with one attached hydrogen (secondary N) is 1. The van der Waals surface area contributed by atoms with E-state index in [9.17, 15) is 4.79 Å². The van der Waals surface area contributed by atoms with Gasteiger partial charge in [0.2, 0.25) is 0 Å². The third kappa shape index (κ3) is 3.89. The molecule has 0 heterocycles. The predicted molar refractivity (Wildman–Crippen MR) is 153 cm³/mol. The summed E-state index contributed by atoms with van der Waals surface area (Å²) in [6.45, 7) is 4.38. The first-order chi connectivity index (χ1) is 18.1. The molecule has 0 saturated carbocycles. The largest absolute Gasteiger partial charge is 0.292 e. The second kappa shape index (κ2) is 9.46. The van der Waals surface area contributed by atoms with Crippen LogP contribution in [0.1, 0.15) is 47.3 Å². The molecular weight excluding hydrogens is 450 g/mol. The van der Waals surface area contributed by atoms with Crippen molar-refractivity contribution in [3.8, 4) is 11.1 Å². The van der Waals surface area contributed by atoms with E-state index in [-0.39, 0.29) is 11.8 Å². The van der Waals surface area contributed by atoms with Gasteiger partial charge in [-0.25, -0.2) is 0 Å². The summed E-state index contributed by atoms with van der Waals surface area (Å²) in [5.74, 6) is 0.485. The summed E-state index contributed by atoms with van der Waals surface area (Å²) in [5, 5.41) is 6.10. The van der Waals surface area contributed by atoms with E-state index in [1.165, 1.54) is 22.3 Å². The van der Waals surface area contributed by atoms with Gasteiger partial charge in [0.25, 0.3) is 0 Å². The highest BCUT2D eigenvalue weighted by Gasteiger charge is 2.46. The highest BCUT2D eigenvalue weighted by molar-refractivity contribution is 6.10. The predicted octanol–water partition coefficient (Wildman–Crippen LogP) is 8.00. The SMILES string of the molecule is CC(C)C[C@H](NC1(c2ccccc2)c2ccccc2-c2ccccc21)C(=O)c1cccc2ccccc12. The molecule has 1 atom stereocenters. The normalized spacial score (nSPS) is 14.4. The van der Waals surface area contributed by atoms with Crippen molar-refractivity contribution in [2.75, 3.05) is 0 Å². The molecule has 37 heavy (non-hydrogen) atoms. The molecule has 1 aliphatic carbocycles. The van der Waals surface area contributed by atoms with Crippen molar-refractivity contribution in [1.29, 1.82) is 0 Å². The summed E-state index contributed by atoms with van der Waals surface area (Å²) in [7, 11) is 0. The Hall–Kier alpha value is -4.01. The van der Waals surface area contributed by atoms with Gasteiger partial charge in [-0.1, -0.05) is 135 Å². The van der Waals surface area contributed by atoms with Crippen LogP contribution >= 0.6 is 0 Å². The number of carbonyl (C=O) groups excluding carboxylic acids is 1. The summed E-state index contributed by atoms with van der Waals surface area (Å²) in [5.41, 5.74) is 6.12. The number of Topliss-reactive ketones (excluding diaryl/α,β-unsaturated/α-hetero) is 1. The molecule has 0 bridgehead atoms. The minimum atomic E-state index is -0.631. The fourth-order valence-electron chi connectivity index (χ4n) is 6.07. The van der Waals surface area contributed by atoms with Crippen LogP contribution in [0.4, 0.5) is 0 Å². The van der Waals surface area contributed by atoms with Crippen LogP contribution in [0.3, 0.4) is 0 Å². The van der Waals surface area contributed by atoms with Gasteiger partial charge in [-0.2, -0.15) is 0 Å². The van der Waals surface area contributed by atoms with E-state index in [0.29, 0.717) is 5.92 Å².